The van der Waals surface area contributed by atoms with Crippen molar-refractivity contribution in [3.63, 3.8) is 0 Å². The van der Waals surface area contributed by atoms with Gasteiger partial charge in [-0.25, -0.2) is 8.42 Å². The third kappa shape index (κ3) is 3.34. The van der Waals surface area contributed by atoms with E-state index in [1.54, 1.807) is 25.5 Å². The Morgan fingerprint density at radius 2 is 2.00 bits per heavy atom. The summed E-state index contributed by atoms with van der Waals surface area (Å²) in [5.74, 6) is -0.639. The number of nitrogens with zero attached hydrogens (tertiary/aromatic N) is 1. The number of amides is 1. The van der Waals surface area contributed by atoms with Gasteiger partial charge in [-0.1, -0.05) is 6.07 Å². The molecule has 0 saturated carbocycles. The minimum Gasteiger partial charge on any atom is -0.507 e. The van der Waals surface area contributed by atoms with Crippen LogP contribution >= 0.6 is 11.3 Å². The van der Waals surface area contributed by atoms with Crippen LogP contribution in [0.15, 0.2) is 39.9 Å². The summed E-state index contributed by atoms with van der Waals surface area (Å²) >= 11 is 1.09. The fraction of sp³-hybridized carbons (Fsp3) is 0.154. The maximum absolute atomic E-state index is 12.0. The van der Waals surface area contributed by atoms with Gasteiger partial charge in [0.2, 0.25) is 0 Å². The maximum Gasteiger partial charge on any atom is 0.271 e. The number of phenols is 1. The lowest BCUT2D eigenvalue weighted by Gasteiger charge is -2.13. The van der Waals surface area contributed by atoms with Crippen molar-refractivity contribution in [2.75, 3.05) is 18.8 Å². The molecule has 0 saturated heterocycles. The van der Waals surface area contributed by atoms with Gasteiger partial charge >= 0.3 is 0 Å². The number of phenolic OH excluding ortho intramolecular Hbond substituents is 1. The number of aromatic hydroxyl groups is 1. The number of rotatable bonds is 4. The Hall–Kier alpha value is -2.06. The smallest absolute Gasteiger partial charge is 0.271 e. The second-order valence-electron chi connectivity index (χ2n) is 4.47. The van der Waals surface area contributed by atoms with E-state index < -0.39 is 10.0 Å². The molecule has 1 heterocycles. The van der Waals surface area contributed by atoms with Gasteiger partial charge in [0.1, 0.15) is 9.96 Å². The molecular formula is C13H14N2O4S2. The molecule has 0 unspecified atom stereocenters. The summed E-state index contributed by atoms with van der Waals surface area (Å²) in [5.41, 5.74) is 0.301. The van der Waals surface area contributed by atoms with Crippen molar-refractivity contribution in [1.29, 1.82) is 0 Å². The molecule has 0 aliphatic carbocycles. The topological polar surface area (TPSA) is 86.7 Å². The largest absolute Gasteiger partial charge is 0.507 e. The molecule has 8 heteroatoms. The average Bonchev–Trinajstić information content (AvgIpc) is 2.92. The van der Waals surface area contributed by atoms with Gasteiger partial charge < -0.3 is 10.0 Å². The Labute approximate surface area is 126 Å². The first-order valence-electron chi connectivity index (χ1n) is 5.92. The third-order valence-corrected chi connectivity index (χ3v) is 5.43. The number of sulfonamides is 1. The van der Waals surface area contributed by atoms with E-state index in [1.165, 1.54) is 29.2 Å². The zero-order valence-electron chi connectivity index (χ0n) is 11.4. The zero-order chi connectivity index (χ0) is 15.6. The highest BCUT2D eigenvalue weighted by Gasteiger charge is 2.18. The number of benzene rings is 1. The molecule has 1 aromatic heterocycles. The summed E-state index contributed by atoms with van der Waals surface area (Å²) < 4.78 is 26.6. The molecule has 21 heavy (non-hydrogen) atoms. The number of carbonyl (C=O) groups excluding carboxylic acids is 1. The lowest BCUT2D eigenvalue weighted by Crippen LogP contribution is -2.21. The molecule has 1 amide bonds. The van der Waals surface area contributed by atoms with Crippen LogP contribution in [0.5, 0.6) is 5.75 Å². The summed E-state index contributed by atoms with van der Waals surface area (Å²) in [4.78, 5) is 13.1. The van der Waals surface area contributed by atoms with E-state index in [1.807, 2.05) is 0 Å². The van der Waals surface area contributed by atoms with Crippen LogP contribution in [-0.2, 0) is 10.0 Å². The lowest BCUT2D eigenvalue weighted by molar-refractivity contribution is 0.0824. The molecule has 0 radical (unpaired) electrons. The summed E-state index contributed by atoms with van der Waals surface area (Å²) in [6.07, 6.45) is 0. The van der Waals surface area contributed by atoms with Gasteiger partial charge in [0, 0.05) is 20.2 Å². The van der Waals surface area contributed by atoms with Crippen LogP contribution < -0.4 is 4.72 Å². The molecule has 0 atom stereocenters. The highest BCUT2D eigenvalue weighted by Crippen LogP contribution is 2.26. The van der Waals surface area contributed by atoms with Crippen LogP contribution in [0.25, 0.3) is 0 Å². The van der Waals surface area contributed by atoms with Crippen molar-refractivity contribution in [3.05, 3.63) is 41.3 Å². The van der Waals surface area contributed by atoms with E-state index >= 15 is 0 Å². The SMILES string of the molecule is CN(C)C(=O)c1ccc(NS(=O)(=O)c2cccs2)cc1O. The third-order valence-electron chi connectivity index (χ3n) is 2.65. The Morgan fingerprint density at radius 1 is 1.29 bits per heavy atom. The lowest BCUT2D eigenvalue weighted by atomic mass is 10.1. The highest BCUT2D eigenvalue weighted by molar-refractivity contribution is 7.94. The van der Waals surface area contributed by atoms with E-state index in [-0.39, 0.29) is 27.1 Å². The first kappa shape index (κ1) is 15.3. The van der Waals surface area contributed by atoms with Crippen LogP contribution in [0.1, 0.15) is 10.4 Å². The van der Waals surface area contributed by atoms with Crippen molar-refractivity contribution in [3.8, 4) is 5.75 Å². The maximum atomic E-state index is 12.0. The van der Waals surface area contributed by atoms with E-state index in [4.69, 9.17) is 0 Å². The van der Waals surface area contributed by atoms with Crippen molar-refractivity contribution >= 4 is 33.0 Å². The molecule has 2 aromatic rings. The van der Waals surface area contributed by atoms with Crippen molar-refractivity contribution in [1.82, 2.24) is 4.90 Å². The Morgan fingerprint density at radius 3 is 2.52 bits per heavy atom. The van der Waals surface area contributed by atoms with Crippen LogP contribution in [0.2, 0.25) is 0 Å². The molecular weight excluding hydrogens is 312 g/mol. The molecule has 0 spiro atoms. The second-order valence-corrected chi connectivity index (χ2v) is 7.33. The molecule has 6 nitrogen and oxygen atoms in total. The van der Waals surface area contributed by atoms with Gasteiger partial charge in [0.15, 0.2) is 0 Å². The predicted molar refractivity (Wildman–Crippen MR) is 81.3 cm³/mol. The molecule has 112 valence electrons. The average molecular weight is 326 g/mol. The quantitative estimate of drug-likeness (QED) is 0.899. The predicted octanol–water partition coefficient (Wildman–Crippen LogP) is 1.96. The van der Waals surface area contributed by atoms with Crippen molar-refractivity contribution in [2.45, 2.75) is 4.21 Å². The highest BCUT2D eigenvalue weighted by atomic mass is 32.2. The molecule has 2 rings (SSSR count). The van der Waals surface area contributed by atoms with Crippen LogP contribution in [0.3, 0.4) is 0 Å². The van der Waals surface area contributed by atoms with E-state index in [0.717, 1.165) is 11.3 Å². The van der Waals surface area contributed by atoms with Gasteiger partial charge in [0.05, 0.1) is 11.3 Å². The van der Waals surface area contributed by atoms with Crippen molar-refractivity contribution < 1.29 is 18.3 Å². The number of hydrogen-bond donors (Lipinski definition) is 2. The number of nitrogens with one attached hydrogen (secondary N) is 1. The Bertz CT molecular complexity index is 752. The van der Waals surface area contributed by atoms with Gasteiger partial charge in [-0.15, -0.1) is 11.3 Å². The first-order chi connectivity index (χ1) is 9.81. The van der Waals surface area contributed by atoms with Crippen LogP contribution in [0.4, 0.5) is 5.69 Å². The van der Waals surface area contributed by atoms with E-state index in [2.05, 4.69) is 4.72 Å². The summed E-state index contributed by atoms with van der Waals surface area (Å²) in [6.45, 7) is 0. The minimum absolute atomic E-state index is 0.110. The van der Waals surface area contributed by atoms with E-state index in [9.17, 15) is 18.3 Å². The first-order valence-corrected chi connectivity index (χ1v) is 8.28. The summed E-state index contributed by atoms with van der Waals surface area (Å²) in [7, 11) is -0.545. The molecule has 0 aliphatic rings. The monoisotopic (exact) mass is 326 g/mol. The second kappa shape index (κ2) is 5.74. The van der Waals surface area contributed by atoms with Gasteiger partial charge in [-0.05, 0) is 23.6 Å². The summed E-state index contributed by atoms with van der Waals surface area (Å²) in [5, 5.41) is 11.5. The minimum atomic E-state index is -3.67. The fourth-order valence-electron chi connectivity index (χ4n) is 1.64. The zero-order valence-corrected chi connectivity index (χ0v) is 13.0. The number of carbonyl (C=O) groups is 1. The summed E-state index contributed by atoms with van der Waals surface area (Å²) in [6, 6.07) is 7.14. The molecule has 0 fully saturated rings. The number of anilines is 1. The Balaban J connectivity index is 2.28. The van der Waals surface area contributed by atoms with Crippen molar-refractivity contribution in [2.24, 2.45) is 0 Å². The van der Waals surface area contributed by atoms with Crippen LogP contribution in [-0.4, -0.2) is 38.4 Å². The van der Waals surface area contributed by atoms with E-state index in [0.29, 0.717) is 0 Å². The fourth-order valence-corrected chi connectivity index (χ4v) is 3.68. The van der Waals surface area contributed by atoms with Gasteiger partial charge in [-0.2, -0.15) is 0 Å². The molecule has 0 aliphatic heterocycles. The molecule has 0 bridgehead atoms. The normalized spacial score (nSPS) is 11.1. The number of thiophene rings is 1. The standard InChI is InChI=1S/C13H14N2O4S2/c1-15(2)13(17)10-6-5-9(8-11(10)16)14-21(18,19)12-4-3-7-20-12/h3-8,14,16H,1-2H3. The molecule has 1 aromatic carbocycles. The molecule has 2 N–H and O–H groups in total. The number of hydrogen-bond acceptors (Lipinski definition) is 5. The van der Waals surface area contributed by atoms with Gasteiger partial charge in [-0.3, -0.25) is 9.52 Å². The van der Waals surface area contributed by atoms with Gasteiger partial charge in [0.25, 0.3) is 15.9 Å². The Kier molecular flexibility index (Phi) is 4.19. The van der Waals surface area contributed by atoms with Crippen LogP contribution in [0, 0.1) is 0 Å².